The lowest BCUT2D eigenvalue weighted by molar-refractivity contribution is -0.142. The lowest BCUT2D eigenvalue weighted by Gasteiger charge is -2.17. The summed E-state index contributed by atoms with van der Waals surface area (Å²) in [6.45, 7) is 0.555. The summed E-state index contributed by atoms with van der Waals surface area (Å²) in [7, 11) is 0. The number of rotatable bonds is 14. The zero-order valence-electron chi connectivity index (χ0n) is 19.7. The fourth-order valence-corrected chi connectivity index (χ4v) is 5.78. The molecule has 0 bridgehead atoms. The molecule has 0 radical (unpaired) electrons. The van der Waals surface area contributed by atoms with Gasteiger partial charge in [-0.25, -0.2) is 14.4 Å². The summed E-state index contributed by atoms with van der Waals surface area (Å²) in [4.78, 5) is 46.9. The van der Waals surface area contributed by atoms with Crippen LogP contribution in [0.3, 0.4) is 0 Å². The molecule has 0 saturated carbocycles. The van der Waals surface area contributed by atoms with Crippen molar-refractivity contribution in [2.24, 2.45) is 0 Å². The monoisotopic (exact) mass is 506 g/mol. The highest BCUT2D eigenvalue weighted by molar-refractivity contribution is 8.00. The van der Waals surface area contributed by atoms with E-state index < -0.39 is 18.1 Å². The van der Waals surface area contributed by atoms with Crippen LogP contribution in [-0.4, -0.2) is 64.8 Å². The standard InChI is InChI=1S/C24H34N4O6S/c29-20(12-5-4-11-19-21-18(15-35-19)27-23(32)28-21)26-17(22(30)31)10-6-7-13-25-24(33)34-14-16-8-2-1-3-9-16/h1-3,8-9,17-19,21H,4-7,10-15H2,(H,25,33)(H,26,29)(H,30,31)(H2,27,28,32)/t17-,18-,19-,21-/m0/s1. The molecule has 0 unspecified atom stereocenters. The third-order valence-corrected chi connectivity index (χ3v) is 7.62. The van der Waals surface area contributed by atoms with E-state index >= 15 is 0 Å². The highest BCUT2D eigenvalue weighted by Crippen LogP contribution is 2.33. The van der Waals surface area contributed by atoms with Gasteiger partial charge in [0.1, 0.15) is 12.6 Å². The van der Waals surface area contributed by atoms with E-state index in [9.17, 15) is 24.3 Å². The number of nitrogens with one attached hydrogen (secondary N) is 4. The van der Waals surface area contributed by atoms with Crippen molar-refractivity contribution in [1.29, 1.82) is 0 Å². The summed E-state index contributed by atoms with van der Waals surface area (Å²) >= 11 is 1.84. The number of alkyl carbamates (subject to hydrolysis) is 1. The number of hydrogen-bond acceptors (Lipinski definition) is 6. The maximum absolute atomic E-state index is 12.2. The van der Waals surface area contributed by atoms with Crippen LogP contribution in [0.5, 0.6) is 0 Å². The van der Waals surface area contributed by atoms with Crippen molar-refractivity contribution in [2.45, 2.75) is 74.9 Å². The van der Waals surface area contributed by atoms with Crippen LogP contribution in [0, 0.1) is 0 Å². The van der Waals surface area contributed by atoms with Gasteiger partial charge in [0.2, 0.25) is 5.91 Å². The van der Waals surface area contributed by atoms with E-state index in [4.69, 9.17) is 4.74 Å². The van der Waals surface area contributed by atoms with E-state index in [1.54, 1.807) is 0 Å². The first-order chi connectivity index (χ1) is 16.9. The van der Waals surface area contributed by atoms with Gasteiger partial charge in [0, 0.05) is 24.0 Å². The number of fused-ring (bicyclic) bond motifs is 1. The second-order valence-electron chi connectivity index (χ2n) is 8.81. The molecule has 192 valence electrons. The molecule has 3 rings (SSSR count). The Morgan fingerprint density at radius 1 is 1.11 bits per heavy atom. The highest BCUT2D eigenvalue weighted by Gasteiger charge is 2.42. The molecular formula is C24H34N4O6S. The number of carbonyl (C=O) groups is 4. The molecular weight excluding hydrogens is 472 g/mol. The number of carboxylic acid groups (broad SMARTS) is 1. The summed E-state index contributed by atoms with van der Waals surface area (Å²) in [6.07, 6.45) is 3.58. The summed E-state index contributed by atoms with van der Waals surface area (Å²) in [5.74, 6) is -0.432. The quantitative estimate of drug-likeness (QED) is 0.192. The molecule has 35 heavy (non-hydrogen) atoms. The van der Waals surface area contributed by atoms with Gasteiger partial charge in [-0.05, 0) is 37.7 Å². The maximum atomic E-state index is 12.2. The molecule has 2 heterocycles. The van der Waals surface area contributed by atoms with Crippen molar-refractivity contribution in [1.82, 2.24) is 21.3 Å². The summed E-state index contributed by atoms with van der Waals surface area (Å²) < 4.78 is 5.13. The Morgan fingerprint density at radius 2 is 1.91 bits per heavy atom. The number of unbranched alkanes of at least 4 members (excludes halogenated alkanes) is 2. The van der Waals surface area contributed by atoms with Crippen LogP contribution in [0.1, 0.15) is 50.5 Å². The molecule has 2 aliphatic heterocycles. The summed E-state index contributed by atoms with van der Waals surface area (Å²) in [6, 6.07) is 8.64. The van der Waals surface area contributed by atoms with Gasteiger partial charge < -0.3 is 31.1 Å². The third kappa shape index (κ3) is 8.97. The zero-order chi connectivity index (χ0) is 25.0. The van der Waals surface area contributed by atoms with Gasteiger partial charge >= 0.3 is 18.1 Å². The smallest absolute Gasteiger partial charge is 0.407 e. The summed E-state index contributed by atoms with van der Waals surface area (Å²) in [5, 5.41) is 20.9. The van der Waals surface area contributed by atoms with E-state index in [-0.39, 0.29) is 43.5 Å². The van der Waals surface area contributed by atoms with E-state index in [2.05, 4.69) is 21.3 Å². The van der Waals surface area contributed by atoms with Gasteiger partial charge in [-0.3, -0.25) is 4.79 Å². The summed E-state index contributed by atoms with van der Waals surface area (Å²) in [5.41, 5.74) is 0.897. The average molecular weight is 507 g/mol. The Hall–Kier alpha value is -2.95. The van der Waals surface area contributed by atoms with Crippen molar-refractivity contribution in [2.75, 3.05) is 12.3 Å². The van der Waals surface area contributed by atoms with Gasteiger partial charge in [-0.2, -0.15) is 11.8 Å². The van der Waals surface area contributed by atoms with Crippen molar-refractivity contribution in [3.8, 4) is 0 Å². The minimum atomic E-state index is -1.06. The number of urea groups is 1. The van der Waals surface area contributed by atoms with Crippen LogP contribution in [-0.2, 0) is 20.9 Å². The molecule has 10 nitrogen and oxygen atoms in total. The third-order valence-electron chi connectivity index (χ3n) is 6.12. The number of carbonyl (C=O) groups excluding carboxylic acids is 3. The second kappa shape index (κ2) is 13.8. The van der Waals surface area contributed by atoms with Gasteiger partial charge in [0.05, 0.1) is 12.1 Å². The maximum Gasteiger partial charge on any atom is 0.407 e. The number of hydrogen-bond donors (Lipinski definition) is 5. The van der Waals surface area contributed by atoms with E-state index in [0.29, 0.717) is 31.1 Å². The molecule has 2 aliphatic rings. The number of carboxylic acids is 1. The fraction of sp³-hybridized carbons (Fsp3) is 0.583. The number of thioether (sulfide) groups is 1. The zero-order valence-corrected chi connectivity index (χ0v) is 20.5. The Morgan fingerprint density at radius 3 is 2.69 bits per heavy atom. The fourth-order valence-electron chi connectivity index (χ4n) is 4.24. The van der Waals surface area contributed by atoms with E-state index in [1.807, 2.05) is 42.1 Å². The molecule has 2 fully saturated rings. The lowest BCUT2D eigenvalue weighted by Crippen LogP contribution is -2.40. The Bertz CT molecular complexity index is 871. The molecule has 1 aromatic rings. The van der Waals surface area contributed by atoms with Crippen LogP contribution in [0.2, 0.25) is 0 Å². The second-order valence-corrected chi connectivity index (χ2v) is 10.1. The predicted octanol–water partition coefficient (Wildman–Crippen LogP) is 2.38. The van der Waals surface area contributed by atoms with Crippen molar-refractivity contribution < 1.29 is 29.0 Å². The Kier molecular flexibility index (Phi) is 10.5. The predicted molar refractivity (Wildman–Crippen MR) is 132 cm³/mol. The van der Waals surface area contributed by atoms with Crippen LogP contribution in [0.15, 0.2) is 30.3 Å². The van der Waals surface area contributed by atoms with Crippen molar-refractivity contribution in [3.05, 3.63) is 35.9 Å². The number of benzene rings is 1. The Labute approximate surface area is 209 Å². The van der Waals surface area contributed by atoms with Gasteiger partial charge in [-0.15, -0.1) is 0 Å². The molecule has 2 saturated heterocycles. The Balaban J connectivity index is 1.23. The first kappa shape index (κ1) is 26.7. The van der Waals surface area contributed by atoms with Crippen molar-refractivity contribution >= 4 is 35.8 Å². The topological polar surface area (TPSA) is 146 Å². The normalized spacial score (nSPS) is 21.4. The molecule has 0 spiro atoms. The van der Waals surface area contributed by atoms with E-state index in [0.717, 1.165) is 24.2 Å². The number of aliphatic carboxylic acids is 1. The number of amides is 4. The minimum absolute atomic E-state index is 0.108. The SMILES string of the molecule is O=C(CCCC[C@@H]1SC[C@@H]2NC(=O)N[C@@H]21)N[C@@H](CCCCNC(=O)OCc1ccccc1)C(=O)O. The molecule has 4 amide bonds. The van der Waals surface area contributed by atoms with Crippen LogP contribution < -0.4 is 21.3 Å². The lowest BCUT2D eigenvalue weighted by atomic mass is 10.0. The molecule has 11 heteroatoms. The van der Waals surface area contributed by atoms with Crippen LogP contribution >= 0.6 is 11.8 Å². The molecule has 4 atom stereocenters. The molecule has 5 N–H and O–H groups in total. The van der Waals surface area contributed by atoms with Crippen LogP contribution in [0.4, 0.5) is 9.59 Å². The largest absolute Gasteiger partial charge is 0.480 e. The number of ether oxygens (including phenoxy) is 1. The first-order valence-electron chi connectivity index (χ1n) is 12.1. The highest BCUT2D eigenvalue weighted by atomic mass is 32.2. The molecule has 0 aromatic heterocycles. The van der Waals surface area contributed by atoms with Crippen LogP contribution in [0.25, 0.3) is 0 Å². The van der Waals surface area contributed by atoms with Crippen molar-refractivity contribution in [3.63, 3.8) is 0 Å². The van der Waals surface area contributed by atoms with Gasteiger partial charge in [0.25, 0.3) is 0 Å². The van der Waals surface area contributed by atoms with Gasteiger partial charge in [0.15, 0.2) is 0 Å². The first-order valence-corrected chi connectivity index (χ1v) is 13.1. The van der Waals surface area contributed by atoms with E-state index in [1.165, 1.54) is 0 Å². The van der Waals surface area contributed by atoms with Gasteiger partial charge in [-0.1, -0.05) is 36.8 Å². The average Bonchev–Trinajstić information content (AvgIpc) is 3.39. The molecule has 0 aliphatic carbocycles. The minimum Gasteiger partial charge on any atom is -0.480 e. The molecule has 1 aromatic carbocycles.